The van der Waals surface area contributed by atoms with Crippen LogP contribution in [0.3, 0.4) is 0 Å². The van der Waals surface area contributed by atoms with Crippen molar-refractivity contribution in [2.45, 2.75) is 0 Å². The van der Waals surface area contributed by atoms with Gasteiger partial charge >= 0.3 is 0 Å². The van der Waals surface area contributed by atoms with Crippen LogP contribution in [0.4, 0.5) is 0 Å². The van der Waals surface area contributed by atoms with Crippen molar-refractivity contribution >= 4 is 29.6 Å². The van der Waals surface area contributed by atoms with Crippen molar-refractivity contribution in [3.05, 3.63) is 10.5 Å². The van der Waals surface area contributed by atoms with Gasteiger partial charge in [-0.3, -0.25) is 5.41 Å². The molecule has 0 atom stereocenters. The first-order chi connectivity index (χ1) is 3.80. The number of nitrogens with two attached hydrogens (primary N) is 1. The number of halogens is 1. The van der Waals surface area contributed by atoms with E-state index in [0.29, 0.717) is 5.01 Å². The van der Waals surface area contributed by atoms with Gasteiger partial charge < -0.3 is 5.73 Å². The van der Waals surface area contributed by atoms with E-state index in [-0.39, 0.29) is 18.2 Å². The lowest BCUT2D eigenvalue weighted by Crippen LogP contribution is -2.10. The molecule has 0 saturated heterocycles. The van der Waals surface area contributed by atoms with E-state index in [0.717, 1.165) is 0 Å². The van der Waals surface area contributed by atoms with Crippen molar-refractivity contribution in [3.63, 3.8) is 0 Å². The van der Waals surface area contributed by atoms with E-state index in [1.807, 2.05) is 0 Å². The van der Waals surface area contributed by atoms with E-state index in [1.54, 1.807) is 0 Å². The van der Waals surface area contributed by atoms with Gasteiger partial charge in [0.05, 0.1) is 0 Å². The molecule has 6 heteroatoms. The molecule has 4 nitrogen and oxygen atoms in total. The summed E-state index contributed by atoms with van der Waals surface area (Å²) in [5, 5.41) is 14.3. The third-order valence-electron chi connectivity index (χ3n) is 0.590. The summed E-state index contributed by atoms with van der Waals surface area (Å²) in [5.41, 5.74) is 6.59. The van der Waals surface area contributed by atoms with E-state index in [2.05, 4.69) is 10.2 Å². The van der Waals surface area contributed by atoms with Crippen molar-refractivity contribution in [1.82, 2.24) is 10.2 Å². The van der Waals surface area contributed by atoms with Gasteiger partial charge in [0, 0.05) is 0 Å². The van der Waals surface area contributed by atoms with Crippen molar-refractivity contribution in [2.24, 2.45) is 5.73 Å². The number of rotatable bonds is 1. The van der Waals surface area contributed by atoms with Gasteiger partial charge in [0.2, 0.25) is 0 Å². The van der Waals surface area contributed by atoms with Crippen molar-refractivity contribution in [1.29, 1.82) is 5.41 Å². The van der Waals surface area contributed by atoms with Gasteiger partial charge in [-0.15, -0.1) is 22.6 Å². The molecule has 0 fully saturated rings. The number of nitrogens with zero attached hydrogens (tertiary/aromatic N) is 2. The lowest BCUT2D eigenvalue weighted by atomic mass is 10.7. The molecule has 1 aromatic rings. The molecule has 9 heavy (non-hydrogen) atoms. The highest BCUT2D eigenvalue weighted by Gasteiger charge is 1.95. The minimum atomic E-state index is -0.0208. The number of nitrogens with one attached hydrogen (secondary N) is 1. The Morgan fingerprint density at radius 3 is 2.67 bits per heavy atom. The smallest absolute Gasteiger partial charge is 0.181 e. The topological polar surface area (TPSA) is 75.7 Å². The summed E-state index contributed by atoms with van der Waals surface area (Å²) < 4.78 is 0. The van der Waals surface area contributed by atoms with Crippen LogP contribution in [0.2, 0.25) is 0 Å². The van der Waals surface area contributed by atoms with Gasteiger partial charge in [0.1, 0.15) is 5.51 Å². The maximum Gasteiger partial charge on any atom is 0.181 e. The Kier molecular flexibility index (Phi) is 3.11. The predicted octanol–water partition coefficient (Wildman–Crippen LogP) is 0.244. The Morgan fingerprint density at radius 2 is 2.44 bits per heavy atom. The highest BCUT2D eigenvalue weighted by atomic mass is 35.5. The van der Waals surface area contributed by atoms with E-state index < -0.39 is 0 Å². The second-order valence-corrected chi connectivity index (χ2v) is 1.99. The molecule has 1 rings (SSSR count). The normalized spacial score (nSPS) is 8.00. The Labute approximate surface area is 62.0 Å². The van der Waals surface area contributed by atoms with Gasteiger partial charge in [-0.2, -0.15) is 0 Å². The molecule has 0 aliphatic heterocycles. The third kappa shape index (κ3) is 1.95. The van der Waals surface area contributed by atoms with Crippen LogP contribution < -0.4 is 5.73 Å². The van der Waals surface area contributed by atoms with E-state index in [4.69, 9.17) is 11.1 Å². The van der Waals surface area contributed by atoms with Gasteiger partial charge in [0.25, 0.3) is 0 Å². The quantitative estimate of drug-likeness (QED) is 0.461. The van der Waals surface area contributed by atoms with E-state index in [1.165, 1.54) is 16.8 Å². The predicted molar refractivity (Wildman–Crippen MR) is 38.2 cm³/mol. The molecule has 1 aromatic heterocycles. The highest BCUT2D eigenvalue weighted by Crippen LogP contribution is 1.97. The average Bonchev–Trinajstić information content (AvgIpc) is 2.12. The van der Waals surface area contributed by atoms with Gasteiger partial charge in [0.15, 0.2) is 10.8 Å². The summed E-state index contributed by atoms with van der Waals surface area (Å²) in [6.07, 6.45) is 0. The zero-order valence-corrected chi connectivity index (χ0v) is 6.00. The molecule has 1 heterocycles. The van der Waals surface area contributed by atoms with Crippen molar-refractivity contribution in [3.8, 4) is 0 Å². The number of amidine groups is 1. The molecule has 3 N–H and O–H groups in total. The zero-order chi connectivity index (χ0) is 5.98. The van der Waals surface area contributed by atoms with Crippen molar-refractivity contribution in [2.75, 3.05) is 0 Å². The summed E-state index contributed by atoms with van der Waals surface area (Å²) in [4.78, 5) is 0. The Hall–Kier alpha value is -0.680. The molecule has 0 bridgehead atoms. The molecule has 50 valence electrons. The van der Waals surface area contributed by atoms with Crippen LogP contribution >= 0.6 is 23.7 Å². The summed E-state index contributed by atoms with van der Waals surface area (Å²) in [6.45, 7) is 0. The molecule has 0 spiro atoms. The van der Waals surface area contributed by atoms with Crippen molar-refractivity contribution < 1.29 is 0 Å². The van der Waals surface area contributed by atoms with Gasteiger partial charge in [-0.25, -0.2) is 0 Å². The fourth-order valence-corrected chi connectivity index (χ4v) is 0.706. The van der Waals surface area contributed by atoms with Crippen LogP contribution in [0.1, 0.15) is 5.01 Å². The van der Waals surface area contributed by atoms with Crippen LogP contribution in [0.25, 0.3) is 0 Å². The van der Waals surface area contributed by atoms with Crippen LogP contribution in [-0.4, -0.2) is 16.0 Å². The molecule has 0 aliphatic rings. The maximum absolute atomic E-state index is 6.84. The highest BCUT2D eigenvalue weighted by molar-refractivity contribution is 7.11. The first-order valence-electron chi connectivity index (χ1n) is 1.91. The van der Waals surface area contributed by atoms with Crippen LogP contribution in [0, 0.1) is 5.41 Å². The average molecular weight is 165 g/mol. The molecule has 0 unspecified atom stereocenters. The fourth-order valence-electron chi connectivity index (χ4n) is 0.290. The summed E-state index contributed by atoms with van der Waals surface area (Å²) >= 11 is 1.26. The Balaban J connectivity index is 0.000000640. The number of nitrogen functional groups attached to an aromatic ring is 1. The second-order valence-electron chi connectivity index (χ2n) is 1.16. The van der Waals surface area contributed by atoms with Crippen LogP contribution in [-0.2, 0) is 0 Å². The molecule has 0 amide bonds. The first-order valence-corrected chi connectivity index (χ1v) is 2.79. The molecular formula is C3H5ClN4S. The number of hydrogen-bond donors (Lipinski definition) is 2. The number of hydrogen-bond acceptors (Lipinski definition) is 4. The van der Waals surface area contributed by atoms with Crippen LogP contribution in [0.5, 0.6) is 0 Å². The monoisotopic (exact) mass is 164 g/mol. The fraction of sp³-hybridized carbons (Fsp3) is 0. The zero-order valence-electron chi connectivity index (χ0n) is 4.37. The lowest BCUT2D eigenvalue weighted by molar-refractivity contribution is 1.07. The van der Waals surface area contributed by atoms with Crippen LogP contribution in [0.15, 0.2) is 5.51 Å². The Morgan fingerprint density at radius 1 is 1.78 bits per heavy atom. The maximum atomic E-state index is 6.84. The Bertz CT molecular complexity index is 184. The summed E-state index contributed by atoms with van der Waals surface area (Å²) in [5.74, 6) is -0.0208. The van der Waals surface area contributed by atoms with E-state index in [9.17, 15) is 0 Å². The molecule has 0 aromatic carbocycles. The standard InChI is InChI=1S/C3H4N4S.ClH/c4-2(5)3-7-6-1-8-3;/h1H,(H3,4,5);1H. The van der Waals surface area contributed by atoms with Gasteiger partial charge in [-0.1, -0.05) is 11.3 Å². The third-order valence-corrected chi connectivity index (χ3v) is 1.31. The SMILES string of the molecule is Cl.N=C(N)c1nncs1. The molecule has 0 aliphatic carbocycles. The second kappa shape index (κ2) is 3.37. The minimum absolute atomic E-state index is 0. The summed E-state index contributed by atoms with van der Waals surface area (Å²) in [7, 11) is 0. The van der Waals surface area contributed by atoms with E-state index >= 15 is 0 Å². The molecule has 0 radical (unpaired) electrons. The van der Waals surface area contributed by atoms with Gasteiger partial charge in [-0.05, 0) is 0 Å². The molecule has 0 saturated carbocycles. The largest absolute Gasteiger partial charge is 0.382 e. The molecular weight excluding hydrogens is 160 g/mol. The summed E-state index contributed by atoms with van der Waals surface area (Å²) in [6, 6.07) is 0. The lowest BCUT2D eigenvalue weighted by Gasteiger charge is -1.81. The number of aromatic nitrogens is 2. The minimum Gasteiger partial charge on any atom is -0.382 e. The first kappa shape index (κ1) is 8.32.